The quantitative estimate of drug-likeness (QED) is 0.490. The van der Waals surface area contributed by atoms with Crippen molar-refractivity contribution in [3.05, 3.63) is 58.6 Å². The second-order valence-electron chi connectivity index (χ2n) is 9.78. The van der Waals surface area contributed by atoms with Gasteiger partial charge in [-0.05, 0) is 43.2 Å². The van der Waals surface area contributed by atoms with Gasteiger partial charge in [0, 0.05) is 44.8 Å². The molecule has 0 aliphatic carbocycles. The smallest absolute Gasteiger partial charge is 0.255 e. The molecule has 1 unspecified atom stereocenters. The summed E-state index contributed by atoms with van der Waals surface area (Å²) in [6, 6.07) is 12.2. The molecule has 2 aliphatic rings. The lowest BCUT2D eigenvalue weighted by molar-refractivity contribution is -0.134. The van der Waals surface area contributed by atoms with Crippen molar-refractivity contribution in [1.82, 2.24) is 15.1 Å². The first-order valence-corrected chi connectivity index (χ1v) is 13.0. The normalized spacial score (nSPS) is 18.6. The summed E-state index contributed by atoms with van der Waals surface area (Å²) < 4.78 is 5.31. The van der Waals surface area contributed by atoms with Gasteiger partial charge < -0.3 is 31.3 Å². The van der Waals surface area contributed by atoms with Gasteiger partial charge in [0.05, 0.1) is 23.4 Å². The van der Waals surface area contributed by atoms with Crippen LogP contribution in [0.1, 0.15) is 47.6 Å². The number of ether oxygens (including phenoxy) is 1. The molecule has 2 aromatic rings. The minimum Gasteiger partial charge on any atom is -0.496 e. The van der Waals surface area contributed by atoms with Crippen molar-refractivity contribution in [2.75, 3.05) is 45.6 Å². The van der Waals surface area contributed by atoms with Crippen LogP contribution in [0.15, 0.2) is 42.5 Å². The number of likely N-dealkylation sites (tertiary alicyclic amines) is 2. The summed E-state index contributed by atoms with van der Waals surface area (Å²) in [5.74, 6) is 0.795. The number of methoxy groups -OCH3 is 1. The van der Waals surface area contributed by atoms with Crippen LogP contribution in [-0.2, 0) is 4.79 Å². The van der Waals surface area contributed by atoms with Crippen molar-refractivity contribution >= 4 is 29.1 Å². The molecule has 1 atom stereocenters. The number of piperidine rings is 2. The Labute approximate surface area is 217 Å². The van der Waals surface area contributed by atoms with E-state index < -0.39 is 6.04 Å². The maximum Gasteiger partial charge on any atom is 0.255 e. The topological polar surface area (TPSA) is 114 Å². The molecule has 2 amide bonds. The first-order chi connectivity index (χ1) is 17.4. The maximum absolute atomic E-state index is 12.8. The number of halogens is 1. The molecular weight excluding hydrogens is 478 g/mol. The van der Waals surface area contributed by atoms with Gasteiger partial charge >= 0.3 is 0 Å². The van der Waals surface area contributed by atoms with E-state index in [1.807, 2.05) is 35.2 Å². The number of amides is 2. The first-order valence-electron chi connectivity index (χ1n) is 12.6. The summed E-state index contributed by atoms with van der Waals surface area (Å²) in [4.78, 5) is 30.0. The van der Waals surface area contributed by atoms with Gasteiger partial charge in [-0.1, -0.05) is 41.9 Å². The van der Waals surface area contributed by atoms with Crippen LogP contribution in [0.3, 0.4) is 0 Å². The summed E-state index contributed by atoms with van der Waals surface area (Å²) in [6.07, 6.45) is 3.75. The van der Waals surface area contributed by atoms with E-state index in [2.05, 4.69) is 10.2 Å². The molecule has 194 valence electrons. The summed E-state index contributed by atoms with van der Waals surface area (Å²) in [5.41, 5.74) is 13.7. The van der Waals surface area contributed by atoms with Crippen LogP contribution in [0.25, 0.3) is 0 Å². The van der Waals surface area contributed by atoms with Crippen LogP contribution >= 0.6 is 11.6 Å². The van der Waals surface area contributed by atoms with E-state index in [0.717, 1.165) is 64.0 Å². The molecule has 36 heavy (non-hydrogen) atoms. The average Bonchev–Trinajstić information content (AvgIpc) is 2.91. The Morgan fingerprint density at radius 1 is 1.08 bits per heavy atom. The molecule has 2 saturated heterocycles. The van der Waals surface area contributed by atoms with Crippen molar-refractivity contribution < 1.29 is 14.3 Å². The number of benzene rings is 2. The first kappa shape index (κ1) is 26.3. The fourth-order valence-corrected chi connectivity index (χ4v) is 5.30. The lowest BCUT2D eigenvalue weighted by atomic mass is 9.94. The second kappa shape index (κ2) is 12.0. The molecule has 2 heterocycles. The number of nitrogens with zero attached hydrogens (tertiary/aromatic N) is 2. The van der Waals surface area contributed by atoms with E-state index >= 15 is 0 Å². The van der Waals surface area contributed by atoms with E-state index in [1.165, 1.54) is 7.11 Å². The van der Waals surface area contributed by atoms with Gasteiger partial charge in [0.15, 0.2) is 0 Å². The van der Waals surface area contributed by atoms with Gasteiger partial charge in [-0.3, -0.25) is 9.59 Å². The monoisotopic (exact) mass is 513 g/mol. The van der Waals surface area contributed by atoms with E-state index in [0.29, 0.717) is 27.9 Å². The Kier molecular flexibility index (Phi) is 8.72. The molecule has 9 heteroatoms. The molecule has 0 spiro atoms. The summed E-state index contributed by atoms with van der Waals surface area (Å²) in [5, 5.41) is 3.46. The zero-order chi connectivity index (χ0) is 25.7. The third-order valence-corrected chi connectivity index (χ3v) is 7.68. The molecule has 4 rings (SSSR count). The molecule has 0 saturated carbocycles. The van der Waals surface area contributed by atoms with Crippen molar-refractivity contribution in [2.24, 2.45) is 11.7 Å². The van der Waals surface area contributed by atoms with Crippen molar-refractivity contribution in [2.45, 2.75) is 37.8 Å². The van der Waals surface area contributed by atoms with E-state index in [-0.39, 0.29) is 17.9 Å². The van der Waals surface area contributed by atoms with E-state index in [1.54, 1.807) is 12.1 Å². The molecule has 0 aromatic heterocycles. The number of hydrogen-bond acceptors (Lipinski definition) is 6. The largest absolute Gasteiger partial charge is 0.496 e. The van der Waals surface area contributed by atoms with Crippen LogP contribution in [0.2, 0.25) is 5.02 Å². The Bertz CT molecular complexity index is 1050. The Hall–Kier alpha value is -2.81. The Balaban J connectivity index is 1.20. The summed E-state index contributed by atoms with van der Waals surface area (Å²) >= 11 is 6.12. The van der Waals surface area contributed by atoms with Gasteiger partial charge in [-0.25, -0.2) is 0 Å². The maximum atomic E-state index is 12.8. The minimum atomic E-state index is -0.596. The number of hydrogen-bond donors (Lipinski definition) is 3. The predicted octanol–water partition coefficient (Wildman–Crippen LogP) is 3.06. The third kappa shape index (κ3) is 6.30. The van der Waals surface area contributed by atoms with Gasteiger partial charge in [0.1, 0.15) is 11.8 Å². The number of carbonyl (C=O) groups excluding carboxylic acids is 2. The number of nitrogens with two attached hydrogens (primary N) is 2. The number of anilines is 1. The summed E-state index contributed by atoms with van der Waals surface area (Å²) in [6.45, 7) is 4.39. The minimum absolute atomic E-state index is 0.00947. The summed E-state index contributed by atoms with van der Waals surface area (Å²) in [7, 11) is 1.51. The highest BCUT2D eigenvalue weighted by Crippen LogP contribution is 2.29. The van der Waals surface area contributed by atoms with Gasteiger partial charge in [0.25, 0.3) is 5.91 Å². The predicted molar refractivity (Wildman–Crippen MR) is 142 cm³/mol. The second-order valence-corrected chi connectivity index (χ2v) is 10.2. The fourth-order valence-electron chi connectivity index (χ4n) is 5.14. The van der Waals surface area contributed by atoms with Gasteiger partial charge in [-0.2, -0.15) is 0 Å². The van der Waals surface area contributed by atoms with Gasteiger partial charge in [-0.15, -0.1) is 0 Å². The lowest BCUT2D eigenvalue weighted by Crippen LogP contribution is -2.48. The zero-order valence-corrected chi connectivity index (χ0v) is 21.5. The average molecular weight is 514 g/mol. The standard InChI is InChI=1S/C27H36ClN5O3/c1-36-24-16-23(29)22(28)15-21(24)26(34)31-20-9-11-32(12-10-20)17-18-7-13-33(14-8-18)27(35)25(30)19-5-3-2-4-6-19/h2-6,15-16,18,20,25H,7-14,17,29-30H2,1H3,(H,31,34). The molecule has 0 radical (unpaired) electrons. The van der Waals surface area contributed by atoms with Crippen LogP contribution in [0.5, 0.6) is 5.75 Å². The lowest BCUT2D eigenvalue weighted by Gasteiger charge is -2.38. The SMILES string of the molecule is COc1cc(N)c(Cl)cc1C(=O)NC1CCN(CC2CCN(C(=O)C(N)c3ccccc3)CC2)CC1. The van der Waals surface area contributed by atoms with E-state index in [4.69, 9.17) is 27.8 Å². The van der Waals surface area contributed by atoms with Crippen molar-refractivity contribution in [1.29, 1.82) is 0 Å². The molecule has 2 fully saturated rings. The van der Waals surface area contributed by atoms with Crippen LogP contribution in [0, 0.1) is 5.92 Å². The number of rotatable bonds is 7. The molecular formula is C27H36ClN5O3. The fraction of sp³-hybridized carbons (Fsp3) is 0.481. The van der Waals surface area contributed by atoms with Crippen LogP contribution in [0.4, 0.5) is 5.69 Å². The molecule has 5 N–H and O–H groups in total. The number of carbonyl (C=O) groups is 2. The van der Waals surface area contributed by atoms with Gasteiger partial charge in [0.2, 0.25) is 5.91 Å². The highest BCUT2D eigenvalue weighted by atomic mass is 35.5. The highest BCUT2D eigenvalue weighted by Gasteiger charge is 2.29. The number of nitrogen functional groups attached to an aromatic ring is 1. The molecule has 8 nitrogen and oxygen atoms in total. The Morgan fingerprint density at radius 3 is 2.39 bits per heavy atom. The van der Waals surface area contributed by atoms with Crippen LogP contribution < -0.4 is 21.5 Å². The van der Waals surface area contributed by atoms with Crippen LogP contribution in [-0.4, -0.2) is 67.5 Å². The van der Waals surface area contributed by atoms with Crippen molar-refractivity contribution in [3.63, 3.8) is 0 Å². The zero-order valence-electron chi connectivity index (χ0n) is 20.8. The third-order valence-electron chi connectivity index (χ3n) is 7.35. The molecule has 0 bridgehead atoms. The number of nitrogens with one attached hydrogen (secondary N) is 1. The molecule has 2 aromatic carbocycles. The van der Waals surface area contributed by atoms with Crippen molar-refractivity contribution in [3.8, 4) is 5.75 Å². The molecule has 2 aliphatic heterocycles. The highest BCUT2D eigenvalue weighted by molar-refractivity contribution is 6.33. The van der Waals surface area contributed by atoms with E-state index in [9.17, 15) is 9.59 Å². The Morgan fingerprint density at radius 2 is 1.75 bits per heavy atom.